The van der Waals surface area contributed by atoms with Gasteiger partial charge in [0.05, 0.1) is 0 Å². The molecule has 1 amide bonds. The van der Waals surface area contributed by atoms with Crippen LogP contribution in [0.4, 0.5) is 11.4 Å². The third-order valence-electron chi connectivity index (χ3n) is 2.30. The quantitative estimate of drug-likeness (QED) is 0.808. The van der Waals surface area contributed by atoms with E-state index in [1.54, 1.807) is 36.4 Å². The molecule has 2 N–H and O–H groups in total. The van der Waals surface area contributed by atoms with Crippen LogP contribution in [0, 0.1) is 28.6 Å². The summed E-state index contributed by atoms with van der Waals surface area (Å²) in [6.45, 7) is 3.64. The summed E-state index contributed by atoms with van der Waals surface area (Å²) in [4.78, 5) is 11.5. The van der Waals surface area contributed by atoms with Crippen molar-refractivity contribution in [2.24, 2.45) is 5.92 Å². The van der Waals surface area contributed by atoms with E-state index >= 15 is 0 Å². The Morgan fingerprint density at radius 1 is 1.16 bits per heavy atom. The highest BCUT2D eigenvalue weighted by atomic mass is 16.1. The van der Waals surface area contributed by atoms with E-state index in [9.17, 15) is 4.79 Å². The second-order valence-corrected chi connectivity index (χ2v) is 4.15. The summed E-state index contributed by atoms with van der Waals surface area (Å²) in [6.07, 6.45) is 1.34. The van der Waals surface area contributed by atoms with Gasteiger partial charge in [-0.3, -0.25) is 4.79 Å². The number of benzene rings is 1. The molecule has 0 aliphatic heterocycles. The zero-order valence-corrected chi connectivity index (χ0v) is 10.8. The average Bonchev–Trinajstić information content (AvgIpc) is 2.41. The average molecular weight is 254 g/mol. The van der Waals surface area contributed by atoms with Gasteiger partial charge in [0.2, 0.25) is 5.91 Å². The van der Waals surface area contributed by atoms with Crippen LogP contribution in [-0.2, 0) is 4.79 Å². The van der Waals surface area contributed by atoms with Crippen molar-refractivity contribution in [1.82, 2.24) is 0 Å². The highest BCUT2D eigenvalue weighted by molar-refractivity contribution is 5.92. The molecule has 0 spiro atoms. The van der Waals surface area contributed by atoms with E-state index in [0.29, 0.717) is 5.69 Å². The summed E-state index contributed by atoms with van der Waals surface area (Å²) in [7, 11) is 0. The molecule has 96 valence electrons. The molecule has 0 aromatic heterocycles. The number of nitrogens with zero attached hydrogens (tertiary/aromatic N) is 2. The molecule has 0 fully saturated rings. The Labute approximate surface area is 112 Å². The van der Waals surface area contributed by atoms with E-state index in [2.05, 4.69) is 10.6 Å². The number of rotatable bonds is 4. The van der Waals surface area contributed by atoms with Crippen molar-refractivity contribution in [3.63, 3.8) is 0 Å². The zero-order valence-electron chi connectivity index (χ0n) is 10.8. The summed E-state index contributed by atoms with van der Waals surface area (Å²) in [6, 6.07) is 10.5. The predicted octanol–water partition coefficient (Wildman–Crippen LogP) is 2.62. The molecule has 0 heterocycles. The van der Waals surface area contributed by atoms with Crippen LogP contribution in [0.25, 0.3) is 0 Å². The van der Waals surface area contributed by atoms with Gasteiger partial charge in [-0.15, -0.1) is 0 Å². The van der Waals surface area contributed by atoms with Crippen LogP contribution in [0.3, 0.4) is 0 Å². The molecule has 0 aliphatic rings. The molecule has 0 aliphatic carbocycles. The van der Waals surface area contributed by atoms with Crippen LogP contribution in [0.5, 0.6) is 0 Å². The highest BCUT2D eigenvalue weighted by Crippen LogP contribution is 2.14. The number of hydrogen-bond donors (Lipinski definition) is 2. The topological polar surface area (TPSA) is 88.7 Å². The molecule has 5 nitrogen and oxygen atoms in total. The molecule has 5 heteroatoms. The Hall–Kier alpha value is -2.79. The number of amides is 1. The lowest BCUT2D eigenvalue weighted by Gasteiger charge is -2.08. The first-order valence-electron chi connectivity index (χ1n) is 5.74. The normalized spacial score (nSPS) is 9.11. The number of carbonyl (C=O) groups is 1. The van der Waals surface area contributed by atoms with E-state index < -0.39 is 0 Å². The number of nitriles is 2. The van der Waals surface area contributed by atoms with Gasteiger partial charge in [0.1, 0.15) is 17.7 Å². The summed E-state index contributed by atoms with van der Waals surface area (Å²) >= 11 is 0. The van der Waals surface area contributed by atoms with E-state index in [4.69, 9.17) is 10.5 Å². The van der Waals surface area contributed by atoms with Crippen LogP contribution >= 0.6 is 0 Å². The van der Waals surface area contributed by atoms with Crippen molar-refractivity contribution in [1.29, 1.82) is 10.5 Å². The first kappa shape index (κ1) is 14.3. The molecular formula is C14H14N4O. The van der Waals surface area contributed by atoms with Gasteiger partial charge in [-0.05, 0) is 24.3 Å². The number of carbonyl (C=O) groups excluding carboxylic acids is 1. The first-order valence-corrected chi connectivity index (χ1v) is 5.74. The Morgan fingerprint density at radius 2 is 1.68 bits per heavy atom. The SMILES string of the molecule is CC(C)C(=O)Nc1ccc(NC=C(C#N)C#N)cc1. The van der Waals surface area contributed by atoms with Crippen molar-refractivity contribution in [3.05, 3.63) is 36.0 Å². The molecule has 0 bridgehead atoms. The van der Waals surface area contributed by atoms with Gasteiger partial charge in [-0.2, -0.15) is 10.5 Å². The minimum absolute atomic E-state index is 0.00260. The van der Waals surface area contributed by atoms with Crippen molar-refractivity contribution in [2.75, 3.05) is 10.6 Å². The molecule has 19 heavy (non-hydrogen) atoms. The molecule has 0 radical (unpaired) electrons. The predicted molar refractivity (Wildman–Crippen MR) is 72.8 cm³/mol. The summed E-state index contributed by atoms with van der Waals surface area (Å²) in [5.41, 5.74) is 1.43. The maximum Gasteiger partial charge on any atom is 0.226 e. The first-order chi connectivity index (χ1) is 9.06. The second-order valence-electron chi connectivity index (χ2n) is 4.15. The van der Waals surface area contributed by atoms with Crippen LogP contribution in [0.2, 0.25) is 0 Å². The van der Waals surface area contributed by atoms with Crippen LogP contribution in [0.1, 0.15) is 13.8 Å². The summed E-state index contributed by atoms with van der Waals surface area (Å²) in [5.74, 6) is -0.119. The smallest absolute Gasteiger partial charge is 0.226 e. The van der Waals surface area contributed by atoms with Crippen molar-refractivity contribution < 1.29 is 4.79 Å². The van der Waals surface area contributed by atoms with Gasteiger partial charge < -0.3 is 10.6 Å². The zero-order chi connectivity index (χ0) is 14.3. The monoisotopic (exact) mass is 254 g/mol. The van der Waals surface area contributed by atoms with Crippen LogP contribution < -0.4 is 10.6 Å². The largest absolute Gasteiger partial charge is 0.360 e. The van der Waals surface area contributed by atoms with E-state index in [1.165, 1.54) is 6.20 Å². The van der Waals surface area contributed by atoms with E-state index in [1.807, 2.05) is 13.8 Å². The fourth-order valence-corrected chi connectivity index (χ4v) is 1.18. The van der Waals surface area contributed by atoms with Gasteiger partial charge >= 0.3 is 0 Å². The Kier molecular flexibility index (Phi) is 5.13. The molecule has 1 aromatic carbocycles. The maximum atomic E-state index is 11.5. The van der Waals surface area contributed by atoms with Gasteiger partial charge in [0.25, 0.3) is 0 Å². The maximum absolute atomic E-state index is 11.5. The van der Waals surface area contributed by atoms with Crippen molar-refractivity contribution >= 4 is 17.3 Å². The Balaban J connectivity index is 2.68. The van der Waals surface area contributed by atoms with Gasteiger partial charge in [-0.1, -0.05) is 13.8 Å². The van der Waals surface area contributed by atoms with Crippen molar-refractivity contribution in [3.8, 4) is 12.1 Å². The minimum atomic E-state index is -0.0745. The molecule has 0 saturated carbocycles. The summed E-state index contributed by atoms with van der Waals surface area (Å²) in [5, 5.41) is 22.7. The number of allylic oxidation sites excluding steroid dienone is 1. The van der Waals surface area contributed by atoms with Gasteiger partial charge in [0, 0.05) is 23.5 Å². The third kappa shape index (κ3) is 4.53. The highest BCUT2D eigenvalue weighted by Gasteiger charge is 2.06. The lowest BCUT2D eigenvalue weighted by Crippen LogP contribution is -2.17. The Morgan fingerprint density at radius 3 is 2.16 bits per heavy atom. The van der Waals surface area contributed by atoms with Crippen LogP contribution in [-0.4, -0.2) is 5.91 Å². The molecular weight excluding hydrogens is 240 g/mol. The van der Waals surface area contributed by atoms with Gasteiger partial charge in [-0.25, -0.2) is 0 Å². The number of hydrogen-bond acceptors (Lipinski definition) is 4. The van der Waals surface area contributed by atoms with Crippen molar-refractivity contribution in [2.45, 2.75) is 13.8 Å². The van der Waals surface area contributed by atoms with Crippen LogP contribution in [0.15, 0.2) is 36.0 Å². The third-order valence-corrected chi connectivity index (χ3v) is 2.30. The second kappa shape index (κ2) is 6.83. The molecule has 1 aromatic rings. The lowest BCUT2D eigenvalue weighted by molar-refractivity contribution is -0.118. The van der Waals surface area contributed by atoms with E-state index in [-0.39, 0.29) is 17.4 Å². The summed E-state index contributed by atoms with van der Waals surface area (Å²) < 4.78 is 0. The van der Waals surface area contributed by atoms with E-state index in [0.717, 1.165) is 5.69 Å². The molecule has 0 saturated heterocycles. The minimum Gasteiger partial charge on any atom is -0.360 e. The fourth-order valence-electron chi connectivity index (χ4n) is 1.18. The molecule has 0 unspecified atom stereocenters. The Bertz CT molecular complexity index is 543. The fraction of sp³-hybridized carbons (Fsp3) is 0.214. The molecule has 1 rings (SSSR count). The number of nitrogens with one attached hydrogen (secondary N) is 2. The molecule has 0 atom stereocenters. The standard InChI is InChI=1S/C14H14N4O/c1-10(2)14(19)18-13-5-3-12(4-6-13)17-9-11(7-15)8-16/h3-6,9-10,17H,1-2H3,(H,18,19). The number of anilines is 2. The van der Waals surface area contributed by atoms with Gasteiger partial charge in [0.15, 0.2) is 0 Å². The lowest BCUT2D eigenvalue weighted by atomic mass is 10.2.